The van der Waals surface area contributed by atoms with Crippen LogP contribution in [0.5, 0.6) is 0 Å². The maximum atomic E-state index is 13.0. The highest BCUT2D eigenvalue weighted by Gasteiger charge is 2.54. The minimum absolute atomic E-state index is 0.0498. The van der Waals surface area contributed by atoms with E-state index in [0.717, 1.165) is 25.7 Å². The van der Waals surface area contributed by atoms with Crippen LogP contribution in [0.1, 0.15) is 90.4 Å². The highest BCUT2D eigenvalue weighted by molar-refractivity contribution is 5.90. The standard InChI is InChI=1S/C17H29F5O/c1-2-3-4-5-6-7-8-9-10-11-12-13-14-16(18,19)15(23)17(20,21)22/h2-14H2,1H3. The molecule has 0 aliphatic carbocycles. The third-order valence-corrected chi connectivity index (χ3v) is 3.93. The quantitative estimate of drug-likeness (QED) is 0.249. The van der Waals surface area contributed by atoms with Crippen LogP contribution in [-0.2, 0) is 4.79 Å². The second kappa shape index (κ2) is 11.8. The first-order chi connectivity index (χ1) is 10.7. The van der Waals surface area contributed by atoms with Crippen LogP contribution < -0.4 is 0 Å². The molecule has 0 N–H and O–H groups in total. The van der Waals surface area contributed by atoms with E-state index in [-0.39, 0.29) is 6.42 Å². The number of carbonyl (C=O) groups is 1. The summed E-state index contributed by atoms with van der Waals surface area (Å²) in [5, 5.41) is 0. The van der Waals surface area contributed by atoms with Gasteiger partial charge >= 0.3 is 17.9 Å². The SMILES string of the molecule is CCCCCCCCCCCCCCC(F)(F)C(=O)C(F)(F)F. The molecular weight excluding hydrogens is 315 g/mol. The first-order valence-corrected chi connectivity index (χ1v) is 8.71. The van der Waals surface area contributed by atoms with Crippen molar-refractivity contribution in [3.05, 3.63) is 0 Å². The maximum absolute atomic E-state index is 13.0. The summed E-state index contributed by atoms with van der Waals surface area (Å²) in [7, 11) is 0. The minimum Gasteiger partial charge on any atom is -0.283 e. The second-order valence-electron chi connectivity index (χ2n) is 6.17. The number of unbranched alkanes of at least 4 members (excludes halogenated alkanes) is 11. The Morgan fingerprint density at radius 2 is 1.00 bits per heavy atom. The summed E-state index contributed by atoms with van der Waals surface area (Å²) in [6.45, 7) is 2.18. The zero-order chi connectivity index (χ0) is 17.8. The molecule has 23 heavy (non-hydrogen) atoms. The lowest BCUT2D eigenvalue weighted by molar-refractivity contribution is -0.196. The highest BCUT2D eigenvalue weighted by Crippen LogP contribution is 2.31. The van der Waals surface area contributed by atoms with Gasteiger partial charge in [-0.1, -0.05) is 77.6 Å². The number of alkyl halides is 5. The molecule has 0 bridgehead atoms. The molecule has 6 heteroatoms. The third kappa shape index (κ3) is 11.5. The number of carbonyl (C=O) groups excluding carboxylic acids is 1. The van der Waals surface area contributed by atoms with E-state index in [4.69, 9.17) is 0 Å². The number of Topliss-reactive ketones (excluding diaryl/α,β-unsaturated/α-hetero) is 1. The molecule has 0 rings (SSSR count). The van der Waals surface area contributed by atoms with E-state index < -0.39 is 24.3 Å². The molecule has 0 amide bonds. The van der Waals surface area contributed by atoms with Gasteiger partial charge in [0.25, 0.3) is 0 Å². The molecule has 0 radical (unpaired) electrons. The van der Waals surface area contributed by atoms with Gasteiger partial charge in [0.2, 0.25) is 0 Å². The Balaban J connectivity index is 3.51. The summed E-state index contributed by atoms with van der Waals surface area (Å²) in [5.41, 5.74) is 0. The molecule has 0 atom stereocenters. The summed E-state index contributed by atoms with van der Waals surface area (Å²) in [4.78, 5) is 10.5. The summed E-state index contributed by atoms with van der Waals surface area (Å²) >= 11 is 0. The molecule has 0 heterocycles. The molecule has 0 aromatic carbocycles. The van der Waals surface area contributed by atoms with E-state index >= 15 is 0 Å². The molecule has 138 valence electrons. The topological polar surface area (TPSA) is 17.1 Å². The first kappa shape index (κ1) is 22.3. The van der Waals surface area contributed by atoms with Crippen LogP contribution in [0.4, 0.5) is 22.0 Å². The average molecular weight is 344 g/mol. The molecule has 1 nitrogen and oxygen atoms in total. The number of hydrogen-bond donors (Lipinski definition) is 0. The lowest BCUT2D eigenvalue weighted by Gasteiger charge is -2.16. The summed E-state index contributed by atoms with van der Waals surface area (Å²) in [5.74, 6) is -7.20. The molecule has 0 fully saturated rings. The molecule has 0 unspecified atom stereocenters. The normalized spacial score (nSPS) is 12.6. The van der Waals surface area contributed by atoms with Crippen LogP contribution in [0.25, 0.3) is 0 Å². The monoisotopic (exact) mass is 344 g/mol. The van der Waals surface area contributed by atoms with Gasteiger partial charge in [0.15, 0.2) is 0 Å². The molecule has 0 saturated carbocycles. The Bertz CT molecular complexity index is 313. The lowest BCUT2D eigenvalue weighted by Crippen LogP contribution is -2.39. The number of hydrogen-bond acceptors (Lipinski definition) is 1. The maximum Gasteiger partial charge on any atom is 0.456 e. The van der Waals surface area contributed by atoms with E-state index in [9.17, 15) is 26.7 Å². The Morgan fingerprint density at radius 1 is 0.652 bits per heavy atom. The lowest BCUT2D eigenvalue weighted by atomic mass is 10.0. The van der Waals surface area contributed by atoms with E-state index in [2.05, 4.69) is 6.92 Å². The van der Waals surface area contributed by atoms with E-state index in [1.165, 1.54) is 38.5 Å². The van der Waals surface area contributed by atoms with Gasteiger partial charge in [-0.3, -0.25) is 4.79 Å². The molecule has 0 aromatic heterocycles. The Morgan fingerprint density at radius 3 is 1.35 bits per heavy atom. The number of halogens is 5. The highest BCUT2D eigenvalue weighted by atomic mass is 19.4. The molecule has 0 aliphatic rings. The van der Waals surface area contributed by atoms with Crippen molar-refractivity contribution in [2.45, 2.75) is 102 Å². The van der Waals surface area contributed by atoms with Gasteiger partial charge in [-0.25, -0.2) is 0 Å². The summed E-state index contributed by atoms with van der Waals surface area (Å²) in [6.07, 6.45) is 5.17. The number of rotatable bonds is 14. The van der Waals surface area contributed by atoms with Crippen molar-refractivity contribution in [1.82, 2.24) is 0 Å². The van der Waals surface area contributed by atoms with Crippen molar-refractivity contribution in [2.75, 3.05) is 0 Å². The van der Waals surface area contributed by atoms with E-state index in [1.807, 2.05) is 0 Å². The van der Waals surface area contributed by atoms with Gasteiger partial charge in [0, 0.05) is 6.42 Å². The van der Waals surface area contributed by atoms with Gasteiger partial charge in [0.05, 0.1) is 0 Å². The van der Waals surface area contributed by atoms with Crippen LogP contribution in [0.2, 0.25) is 0 Å². The van der Waals surface area contributed by atoms with Gasteiger partial charge in [0.1, 0.15) is 0 Å². The largest absolute Gasteiger partial charge is 0.456 e. The van der Waals surface area contributed by atoms with E-state index in [0.29, 0.717) is 6.42 Å². The first-order valence-electron chi connectivity index (χ1n) is 8.71. The molecular formula is C17H29F5O. The Labute approximate surface area is 136 Å². The van der Waals surface area contributed by atoms with Crippen LogP contribution in [0.15, 0.2) is 0 Å². The predicted molar refractivity (Wildman–Crippen MR) is 81.7 cm³/mol. The smallest absolute Gasteiger partial charge is 0.283 e. The van der Waals surface area contributed by atoms with Gasteiger partial charge in [-0.2, -0.15) is 22.0 Å². The van der Waals surface area contributed by atoms with Crippen LogP contribution >= 0.6 is 0 Å². The summed E-state index contributed by atoms with van der Waals surface area (Å²) in [6, 6.07) is 0. The Kier molecular flexibility index (Phi) is 11.4. The predicted octanol–water partition coefficient (Wildman–Crippen LogP) is 6.84. The van der Waals surface area contributed by atoms with Gasteiger partial charge in [-0.05, 0) is 6.42 Å². The zero-order valence-corrected chi connectivity index (χ0v) is 14.0. The molecule has 0 spiro atoms. The molecule has 0 aromatic rings. The van der Waals surface area contributed by atoms with Crippen LogP contribution in [0, 0.1) is 0 Å². The van der Waals surface area contributed by atoms with Crippen molar-refractivity contribution in [2.24, 2.45) is 0 Å². The minimum atomic E-state index is -5.46. The van der Waals surface area contributed by atoms with Crippen LogP contribution in [0.3, 0.4) is 0 Å². The van der Waals surface area contributed by atoms with Crippen molar-refractivity contribution in [3.63, 3.8) is 0 Å². The van der Waals surface area contributed by atoms with Crippen molar-refractivity contribution < 1.29 is 26.7 Å². The fourth-order valence-corrected chi connectivity index (χ4v) is 2.51. The van der Waals surface area contributed by atoms with Crippen molar-refractivity contribution in [3.8, 4) is 0 Å². The third-order valence-electron chi connectivity index (χ3n) is 3.93. The number of ketones is 1. The fourth-order valence-electron chi connectivity index (χ4n) is 2.51. The summed E-state index contributed by atoms with van der Waals surface area (Å²) < 4.78 is 62.0. The van der Waals surface area contributed by atoms with Gasteiger partial charge in [-0.15, -0.1) is 0 Å². The van der Waals surface area contributed by atoms with Crippen molar-refractivity contribution in [1.29, 1.82) is 0 Å². The Hall–Kier alpha value is -0.680. The van der Waals surface area contributed by atoms with Crippen LogP contribution in [-0.4, -0.2) is 17.9 Å². The van der Waals surface area contributed by atoms with E-state index in [1.54, 1.807) is 0 Å². The average Bonchev–Trinajstić information content (AvgIpc) is 2.46. The molecule has 0 saturated heterocycles. The molecule has 0 aliphatic heterocycles. The van der Waals surface area contributed by atoms with Gasteiger partial charge < -0.3 is 0 Å². The second-order valence-corrected chi connectivity index (χ2v) is 6.17. The van der Waals surface area contributed by atoms with Crippen molar-refractivity contribution >= 4 is 5.78 Å². The zero-order valence-electron chi connectivity index (χ0n) is 14.0. The fraction of sp³-hybridized carbons (Fsp3) is 0.941.